The van der Waals surface area contributed by atoms with E-state index in [-0.39, 0.29) is 0 Å². The molecule has 6 aliphatic rings. The molecule has 1 aromatic heterocycles. The highest BCUT2D eigenvalue weighted by molar-refractivity contribution is 5.95. The number of rotatable bonds is 5. The summed E-state index contributed by atoms with van der Waals surface area (Å²) in [5, 5.41) is 2.30. The van der Waals surface area contributed by atoms with Crippen molar-refractivity contribution in [1.82, 2.24) is 15.0 Å². The first kappa shape index (κ1) is 36.2. The molecule has 65 heavy (non-hydrogen) atoms. The zero-order chi connectivity index (χ0) is 42.5. The standard InChI is InChI=1S/C61H45N3O/c1-2-15-46-38(11-1)12-10-17-49(46)58-63-56(39-23-26-43(27-24-39)59-33-37-29-44-32-45(35-59)60(44,34-37)36-59)62-57(64-58)42-14-9-13-40(30-42)41-25-28-48-47-16-3-4-18-50(47)61(53(48)31-41)51-19-5-7-21-54(51)65-55-22-8-6-20-52(55)61/h1-28,30-31,37,44-45H,29,32-36H2/t37-,44?,45+,59?,60?/m0/s1. The molecule has 3 bridgehead atoms. The maximum absolute atomic E-state index is 6.62. The third kappa shape index (κ3) is 4.89. The van der Waals surface area contributed by atoms with Crippen molar-refractivity contribution in [3.8, 4) is 67.9 Å². The molecule has 0 amide bonds. The smallest absolute Gasteiger partial charge is 0.164 e. The van der Waals surface area contributed by atoms with E-state index in [1.165, 1.54) is 71.7 Å². The highest BCUT2D eigenvalue weighted by Crippen LogP contribution is 2.79. The van der Waals surface area contributed by atoms with Crippen LogP contribution in [0.25, 0.3) is 67.2 Å². The van der Waals surface area contributed by atoms with E-state index in [9.17, 15) is 0 Å². The van der Waals surface area contributed by atoms with E-state index in [1.807, 2.05) is 0 Å². The second-order valence-corrected chi connectivity index (χ2v) is 20.2. The fraction of sp³-hybridized carbons (Fsp3) is 0.197. The Morgan fingerprint density at radius 2 is 1.06 bits per heavy atom. The van der Waals surface area contributed by atoms with Gasteiger partial charge in [-0.25, -0.2) is 15.0 Å². The summed E-state index contributed by atoms with van der Waals surface area (Å²) in [6.45, 7) is 0. The van der Waals surface area contributed by atoms with Crippen LogP contribution in [0.3, 0.4) is 0 Å². The Morgan fingerprint density at radius 3 is 1.91 bits per heavy atom. The van der Waals surface area contributed by atoms with Crippen molar-refractivity contribution in [1.29, 1.82) is 0 Å². The molecule has 2 heterocycles. The van der Waals surface area contributed by atoms with Crippen molar-refractivity contribution < 1.29 is 4.74 Å². The number of hydrogen-bond donors (Lipinski definition) is 0. The minimum atomic E-state index is -0.535. The normalized spacial score (nSPS) is 24.2. The predicted octanol–water partition coefficient (Wildman–Crippen LogP) is 14.6. The van der Waals surface area contributed by atoms with Crippen molar-refractivity contribution in [2.24, 2.45) is 23.2 Å². The Labute approximate surface area is 379 Å². The van der Waals surface area contributed by atoms with Crippen LogP contribution in [0.4, 0.5) is 0 Å². The average molecular weight is 836 g/mol. The summed E-state index contributed by atoms with van der Waals surface area (Å²) in [4.78, 5) is 15.9. The fourth-order valence-corrected chi connectivity index (χ4v) is 14.7. The van der Waals surface area contributed by atoms with Gasteiger partial charge in [0.2, 0.25) is 0 Å². The molecule has 9 aromatic rings. The molecule has 4 saturated carbocycles. The molecular formula is C61H45N3O. The second kappa shape index (κ2) is 13.0. The lowest BCUT2D eigenvalue weighted by Gasteiger charge is -2.49. The summed E-state index contributed by atoms with van der Waals surface area (Å²) in [6, 6.07) is 66.2. The highest BCUT2D eigenvalue weighted by atomic mass is 16.5. The summed E-state index contributed by atoms with van der Waals surface area (Å²) in [7, 11) is 0. The topological polar surface area (TPSA) is 47.9 Å². The van der Waals surface area contributed by atoms with E-state index in [4.69, 9.17) is 19.7 Å². The molecule has 4 heteroatoms. The van der Waals surface area contributed by atoms with Crippen LogP contribution in [0.2, 0.25) is 0 Å². The number of hydrogen-bond acceptors (Lipinski definition) is 4. The van der Waals surface area contributed by atoms with Crippen LogP contribution >= 0.6 is 0 Å². The molecule has 0 saturated heterocycles. The van der Waals surface area contributed by atoms with Gasteiger partial charge < -0.3 is 4.74 Å². The monoisotopic (exact) mass is 835 g/mol. The molecule has 0 radical (unpaired) electrons. The molecule has 0 N–H and O–H groups in total. The SMILES string of the molecule is c1cc(-c2ccc3c(c2)C2(c4ccccc4Oc4ccccc42)c2ccccc2-3)cc(-c2nc(-c3ccc(C45C[C@@H]6CC7C[C@H](C4)C7(C6)C5)cc3)nc(-c3cccc4ccccc34)n2)c1. The van der Waals surface area contributed by atoms with Gasteiger partial charge in [-0.3, -0.25) is 0 Å². The molecule has 8 aromatic carbocycles. The highest BCUT2D eigenvalue weighted by Gasteiger charge is 2.71. The molecular weight excluding hydrogens is 791 g/mol. The van der Waals surface area contributed by atoms with E-state index in [1.54, 1.807) is 0 Å². The first-order valence-electron chi connectivity index (χ1n) is 23.6. The zero-order valence-corrected chi connectivity index (χ0v) is 36.0. The molecule has 1 aliphatic heterocycles. The van der Waals surface area contributed by atoms with Crippen molar-refractivity contribution in [3.63, 3.8) is 0 Å². The summed E-state index contributed by atoms with van der Waals surface area (Å²) in [5.74, 6) is 6.70. The first-order valence-corrected chi connectivity index (χ1v) is 23.6. The van der Waals surface area contributed by atoms with Gasteiger partial charge in [0.25, 0.3) is 0 Å². The largest absolute Gasteiger partial charge is 0.457 e. The third-order valence-corrected chi connectivity index (χ3v) is 17.2. The van der Waals surface area contributed by atoms with Crippen LogP contribution in [0, 0.1) is 23.2 Å². The Morgan fingerprint density at radius 1 is 0.431 bits per heavy atom. The van der Waals surface area contributed by atoms with E-state index >= 15 is 0 Å². The lowest BCUT2D eigenvalue weighted by Crippen LogP contribution is -2.42. The summed E-state index contributed by atoms with van der Waals surface area (Å²) in [6.07, 6.45) is 8.59. The van der Waals surface area contributed by atoms with E-state index < -0.39 is 5.41 Å². The van der Waals surface area contributed by atoms with Gasteiger partial charge in [0.15, 0.2) is 17.5 Å². The van der Waals surface area contributed by atoms with Gasteiger partial charge in [-0.15, -0.1) is 0 Å². The average Bonchev–Trinajstić information content (AvgIpc) is 3.84. The Hall–Kier alpha value is -7.17. The van der Waals surface area contributed by atoms with Gasteiger partial charge in [0.05, 0.1) is 5.41 Å². The predicted molar refractivity (Wildman–Crippen MR) is 259 cm³/mol. The van der Waals surface area contributed by atoms with E-state index in [0.29, 0.717) is 28.3 Å². The number of nitrogens with zero attached hydrogens (tertiary/aromatic N) is 3. The maximum Gasteiger partial charge on any atom is 0.164 e. The summed E-state index contributed by atoms with van der Waals surface area (Å²) in [5.41, 5.74) is 14.6. The van der Waals surface area contributed by atoms with Crippen molar-refractivity contribution >= 4 is 10.8 Å². The number of para-hydroxylation sites is 2. The summed E-state index contributed by atoms with van der Waals surface area (Å²) < 4.78 is 6.62. The Kier molecular flexibility index (Phi) is 7.23. The van der Waals surface area contributed by atoms with E-state index in [2.05, 4.69) is 182 Å². The quantitative estimate of drug-likeness (QED) is 0.173. The number of ether oxygens (including phenoxy) is 1. The third-order valence-electron chi connectivity index (χ3n) is 17.2. The van der Waals surface area contributed by atoms with Gasteiger partial charge in [0, 0.05) is 27.8 Å². The molecule has 15 rings (SSSR count). The zero-order valence-electron chi connectivity index (χ0n) is 36.0. The Bertz CT molecular complexity index is 3430. The van der Waals surface area contributed by atoms with Crippen LogP contribution in [0.1, 0.15) is 66.3 Å². The van der Waals surface area contributed by atoms with Crippen LogP contribution in [-0.4, -0.2) is 15.0 Å². The van der Waals surface area contributed by atoms with Crippen molar-refractivity contribution in [2.75, 3.05) is 0 Å². The maximum atomic E-state index is 6.62. The number of benzene rings is 8. The van der Waals surface area contributed by atoms with Crippen molar-refractivity contribution in [3.05, 3.63) is 210 Å². The van der Waals surface area contributed by atoms with Gasteiger partial charge in [-0.1, -0.05) is 158 Å². The molecule has 3 unspecified atom stereocenters. The number of aromatic nitrogens is 3. The number of fused-ring (bicyclic) bond motifs is 12. The van der Waals surface area contributed by atoms with E-state index in [0.717, 1.165) is 73.6 Å². The first-order chi connectivity index (χ1) is 32.1. The van der Waals surface area contributed by atoms with Gasteiger partial charge in [-0.2, -0.15) is 0 Å². The lowest BCUT2D eigenvalue weighted by molar-refractivity contribution is -0.000160. The molecule has 2 spiro atoms. The van der Waals surface area contributed by atoms with Crippen molar-refractivity contribution in [2.45, 2.75) is 49.4 Å². The molecule has 4 fully saturated rings. The van der Waals surface area contributed by atoms with Crippen LogP contribution in [0.15, 0.2) is 182 Å². The minimum Gasteiger partial charge on any atom is -0.457 e. The fourth-order valence-electron chi connectivity index (χ4n) is 14.7. The molecule has 5 atom stereocenters. The lowest BCUT2D eigenvalue weighted by atomic mass is 9.55. The summed E-state index contributed by atoms with van der Waals surface area (Å²) >= 11 is 0. The van der Waals surface area contributed by atoms with Gasteiger partial charge in [-0.05, 0) is 141 Å². The van der Waals surface area contributed by atoms with Gasteiger partial charge >= 0.3 is 0 Å². The molecule has 5 aliphatic carbocycles. The molecule has 4 nitrogen and oxygen atoms in total. The minimum absolute atomic E-state index is 0.341. The Balaban J connectivity index is 0.866. The van der Waals surface area contributed by atoms with Crippen LogP contribution in [0.5, 0.6) is 11.5 Å². The van der Waals surface area contributed by atoms with Crippen LogP contribution in [-0.2, 0) is 10.8 Å². The molecule has 310 valence electrons. The van der Waals surface area contributed by atoms with Crippen LogP contribution < -0.4 is 4.74 Å². The second-order valence-electron chi connectivity index (χ2n) is 20.2. The van der Waals surface area contributed by atoms with Gasteiger partial charge in [0.1, 0.15) is 11.5 Å².